The van der Waals surface area contributed by atoms with Gasteiger partial charge in [-0.2, -0.15) is 0 Å². The van der Waals surface area contributed by atoms with E-state index in [1.165, 1.54) is 11.1 Å². The third kappa shape index (κ3) is 2.41. The highest BCUT2D eigenvalue weighted by molar-refractivity contribution is 6.37. The minimum absolute atomic E-state index is 0.539. The maximum Gasteiger partial charge on any atom is 0.115 e. The number of benzene rings is 1. The van der Waals surface area contributed by atoms with Crippen molar-refractivity contribution in [3.63, 3.8) is 0 Å². The molecule has 0 heterocycles. The van der Waals surface area contributed by atoms with E-state index in [0.717, 1.165) is 17.0 Å². The first-order chi connectivity index (χ1) is 7.70. The van der Waals surface area contributed by atoms with Gasteiger partial charge in [0, 0.05) is 5.02 Å². The van der Waals surface area contributed by atoms with Crippen molar-refractivity contribution in [3.05, 3.63) is 52.6 Å². The highest BCUT2D eigenvalue weighted by Gasteiger charge is 2.11. The average molecular weight is 230 g/mol. The smallest absolute Gasteiger partial charge is 0.0914 e. The molecule has 0 N–H and O–H groups in total. The molecule has 1 aliphatic carbocycles. The Morgan fingerprint density at radius 3 is 2.88 bits per heavy atom. The van der Waals surface area contributed by atoms with E-state index in [2.05, 4.69) is 51.4 Å². The molecule has 0 spiro atoms. The lowest BCUT2D eigenvalue weighted by atomic mass is 9.63. The number of rotatable bonds is 2. The van der Waals surface area contributed by atoms with E-state index >= 15 is 0 Å². The van der Waals surface area contributed by atoms with Crippen LogP contribution in [0.1, 0.15) is 17.5 Å². The maximum absolute atomic E-state index is 6.27. The van der Waals surface area contributed by atoms with Crippen LogP contribution in [0.3, 0.4) is 0 Å². The van der Waals surface area contributed by atoms with Crippen LogP contribution in [-0.4, -0.2) is 7.28 Å². The fourth-order valence-corrected chi connectivity index (χ4v) is 2.32. The zero-order valence-corrected chi connectivity index (χ0v) is 10.5. The summed E-state index contributed by atoms with van der Waals surface area (Å²) in [7, 11) is 2.23. The van der Waals surface area contributed by atoms with E-state index < -0.39 is 0 Å². The number of hydrogen-bond donors (Lipinski definition) is 0. The van der Waals surface area contributed by atoms with Crippen LogP contribution in [0.2, 0.25) is 17.7 Å². The molecule has 0 saturated heterocycles. The highest BCUT2D eigenvalue weighted by atomic mass is 35.5. The zero-order chi connectivity index (χ0) is 11.5. The van der Waals surface area contributed by atoms with Crippen molar-refractivity contribution >= 4 is 24.5 Å². The lowest BCUT2D eigenvalue weighted by Crippen LogP contribution is -2.00. The fraction of sp³-hybridized carbons (Fsp3) is 0.286. The van der Waals surface area contributed by atoms with Crippen LogP contribution in [0.5, 0.6) is 0 Å². The molecule has 0 aromatic heterocycles. The first-order valence-corrected chi connectivity index (χ1v) is 6.03. The van der Waals surface area contributed by atoms with Crippen molar-refractivity contribution in [2.75, 3.05) is 0 Å². The Balaban J connectivity index is 2.37. The summed E-state index contributed by atoms with van der Waals surface area (Å²) in [6.07, 6.45) is 7.77. The molecule has 1 radical (unpaired) electrons. The van der Waals surface area contributed by atoms with Crippen LogP contribution in [-0.2, 0) is 0 Å². The van der Waals surface area contributed by atoms with E-state index in [-0.39, 0.29) is 0 Å². The van der Waals surface area contributed by atoms with Gasteiger partial charge >= 0.3 is 0 Å². The molecule has 0 amide bonds. The van der Waals surface area contributed by atoms with Crippen molar-refractivity contribution in [2.24, 2.45) is 0 Å². The lowest BCUT2D eigenvalue weighted by Gasteiger charge is -2.15. The van der Waals surface area contributed by atoms with Crippen LogP contribution in [0.4, 0.5) is 0 Å². The molecule has 2 rings (SSSR count). The van der Waals surface area contributed by atoms with Gasteiger partial charge in [0.05, 0.1) is 0 Å². The van der Waals surface area contributed by atoms with E-state index in [4.69, 9.17) is 11.6 Å². The summed E-state index contributed by atoms with van der Waals surface area (Å²) in [4.78, 5) is 0. The Kier molecular flexibility index (Phi) is 3.55. The topological polar surface area (TPSA) is 0 Å². The van der Waals surface area contributed by atoms with Crippen molar-refractivity contribution < 1.29 is 0 Å². The van der Waals surface area contributed by atoms with Gasteiger partial charge in [0.2, 0.25) is 0 Å². The molecule has 0 aliphatic heterocycles. The first-order valence-electron chi connectivity index (χ1n) is 5.65. The van der Waals surface area contributed by atoms with Crippen LogP contribution in [0, 0.1) is 6.92 Å². The second-order valence-electron chi connectivity index (χ2n) is 4.24. The Morgan fingerprint density at radius 1 is 1.38 bits per heavy atom. The first kappa shape index (κ1) is 11.5. The van der Waals surface area contributed by atoms with E-state index in [9.17, 15) is 0 Å². The SMILES string of the molecule is C[B]C1C=C(c2ccc(C)cc2Cl)C=CC1. The Morgan fingerprint density at radius 2 is 2.19 bits per heavy atom. The van der Waals surface area contributed by atoms with Gasteiger partial charge in [-0.15, -0.1) is 0 Å². The molecule has 0 bridgehead atoms. The molecule has 2 heteroatoms. The molecule has 0 saturated carbocycles. The number of halogens is 1. The fourth-order valence-electron chi connectivity index (χ4n) is 1.97. The van der Waals surface area contributed by atoms with Gasteiger partial charge in [0.25, 0.3) is 0 Å². The monoisotopic (exact) mass is 229 g/mol. The average Bonchev–Trinajstić information content (AvgIpc) is 2.29. The number of aryl methyl sites for hydroxylation is 1. The number of hydrogen-bond acceptors (Lipinski definition) is 0. The van der Waals surface area contributed by atoms with Crippen LogP contribution >= 0.6 is 11.6 Å². The lowest BCUT2D eigenvalue weighted by molar-refractivity contribution is 1.02. The summed E-state index contributed by atoms with van der Waals surface area (Å²) in [6.45, 7) is 4.16. The van der Waals surface area contributed by atoms with E-state index in [1.807, 2.05) is 6.07 Å². The predicted molar refractivity (Wildman–Crippen MR) is 73.3 cm³/mol. The van der Waals surface area contributed by atoms with Gasteiger partial charge in [0.1, 0.15) is 7.28 Å². The second-order valence-corrected chi connectivity index (χ2v) is 4.65. The molecular formula is C14H15BCl. The minimum atomic E-state index is 0.539. The Bertz CT molecular complexity index is 446. The molecule has 0 fully saturated rings. The molecule has 1 aromatic carbocycles. The minimum Gasteiger partial charge on any atom is -0.0914 e. The summed E-state index contributed by atoms with van der Waals surface area (Å²) in [5.41, 5.74) is 3.57. The Hall–Kier alpha value is -0.945. The molecule has 81 valence electrons. The largest absolute Gasteiger partial charge is 0.115 e. The molecule has 1 unspecified atom stereocenters. The van der Waals surface area contributed by atoms with Gasteiger partial charge in [-0.3, -0.25) is 0 Å². The molecule has 1 atom stereocenters. The zero-order valence-electron chi connectivity index (χ0n) is 9.70. The van der Waals surface area contributed by atoms with Gasteiger partial charge < -0.3 is 0 Å². The van der Waals surface area contributed by atoms with Crippen molar-refractivity contribution in [3.8, 4) is 0 Å². The van der Waals surface area contributed by atoms with E-state index in [1.54, 1.807) is 0 Å². The molecule has 16 heavy (non-hydrogen) atoms. The summed E-state index contributed by atoms with van der Waals surface area (Å²) in [5.74, 6) is 0.539. The third-order valence-corrected chi connectivity index (χ3v) is 3.28. The highest BCUT2D eigenvalue weighted by Crippen LogP contribution is 2.31. The third-order valence-electron chi connectivity index (χ3n) is 2.96. The van der Waals surface area contributed by atoms with Crippen LogP contribution < -0.4 is 0 Å². The van der Waals surface area contributed by atoms with Gasteiger partial charge in [-0.05, 0) is 41.9 Å². The molecule has 1 aromatic rings. The van der Waals surface area contributed by atoms with Crippen molar-refractivity contribution in [1.82, 2.24) is 0 Å². The van der Waals surface area contributed by atoms with Crippen molar-refractivity contribution in [2.45, 2.75) is 26.0 Å². The quantitative estimate of drug-likeness (QED) is 0.654. The summed E-state index contributed by atoms with van der Waals surface area (Å²) in [6, 6.07) is 6.23. The molecule has 1 aliphatic rings. The molecular weight excluding hydrogens is 214 g/mol. The number of allylic oxidation sites excluding steroid dienone is 4. The van der Waals surface area contributed by atoms with Crippen LogP contribution in [0.15, 0.2) is 36.4 Å². The normalized spacial score (nSPS) is 19.4. The Labute approximate surface area is 103 Å². The van der Waals surface area contributed by atoms with E-state index in [0.29, 0.717) is 5.82 Å². The van der Waals surface area contributed by atoms with Crippen LogP contribution in [0.25, 0.3) is 5.57 Å². The summed E-state index contributed by atoms with van der Waals surface area (Å²) >= 11 is 6.27. The molecule has 0 nitrogen and oxygen atoms in total. The van der Waals surface area contributed by atoms with Gasteiger partial charge in [-0.25, -0.2) is 0 Å². The summed E-state index contributed by atoms with van der Waals surface area (Å²) in [5, 5.41) is 0.840. The standard InChI is InChI=1S/C14H15BCl/c1-10-6-7-13(14(16)8-10)11-4-3-5-12(9-11)15-2/h3-4,6-9,12H,5H2,1-2H3. The van der Waals surface area contributed by atoms with Gasteiger partial charge in [0.15, 0.2) is 0 Å². The van der Waals surface area contributed by atoms with Gasteiger partial charge in [-0.1, -0.05) is 48.8 Å². The predicted octanol–water partition coefficient (Wildman–Crippen LogP) is 4.53. The second kappa shape index (κ2) is 4.92. The maximum atomic E-state index is 6.27. The van der Waals surface area contributed by atoms with Crippen molar-refractivity contribution in [1.29, 1.82) is 0 Å². The summed E-state index contributed by atoms with van der Waals surface area (Å²) < 4.78 is 0.